The second-order valence-electron chi connectivity index (χ2n) is 4.47. The first-order chi connectivity index (χ1) is 7.29. The highest BCUT2D eigenvalue weighted by Crippen LogP contribution is 2.31. The van der Waals surface area contributed by atoms with Gasteiger partial charge in [0, 0.05) is 12.6 Å². The van der Waals surface area contributed by atoms with Crippen molar-refractivity contribution < 1.29 is 14.3 Å². The minimum absolute atomic E-state index is 0.0937. The molecule has 1 saturated carbocycles. The van der Waals surface area contributed by atoms with Gasteiger partial charge in [-0.25, -0.2) is 4.79 Å². The molecule has 2 rings (SSSR count). The number of ether oxygens (including phenoxy) is 2. The van der Waals surface area contributed by atoms with Crippen LogP contribution in [0.2, 0.25) is 0 Å². The molecule has 4 nitrogen and oxygen atoms in total. The van der Waals surface area contributed by atoms with Crippen molar-refractivity contribution in [2.24, 2.45) is 5.92 Å². The van der Waals surface area contributed by atoms with E-state index >= 15 is 0 Å². The molecule has 0 spiro atoms. The van der Waals surface area contributed by atoms with Crippen LogP contribution in [0.25, 0.3) is 0 Å². The molecular formula is C11H19NO3. The SMILES string of the molecule is COC(=O)COCC1CCN(C2CC2)C1. The van der Waals surface area contributed by atoms with E-state index in [1.807, 2.05) is 0 Å². The first-order valence-electron chi connectivity index (χ1n) is 5.68. The monoisotopic (exact) mass is 213 g/mol. The average Bonchev–Trinajstić information content (AvgIpc) is 2.99. The Bertz CT molecular complexity index is 228. The molecule has 1 heterocycles. The highest BCUT2D eigenvalue weighted by atomic mass is 16.6. The number of carbonyl (C=O) groups is 1. The van der Waals surface area contributed by atoms with Gasteiger partial charge in [-0.2, -0.15) is 0 Å². The minimum atomic E-state index is -0.285. The van der Waals surface area contributed by atoms with E-state index < -0.39 is 0 Å². The number of nitrogens with zero attached hydrogens (tertiary/aromatic N) is 1. The van der Waals surface area contributed by atoms with Gasteiger partial charge in [0.2, 0.25) is 0 Å². The lowest BCUT2D eigenvalue weighted by Gasteiger charge is -2.14. The third kappa shape index (κ3) is 3.18. The Kier molecular flexibility index (Phi) is 3.59. The highest BCUT2D eigenvalue weighted by molar-refractivity contribution is 5.70. The predicted octanol–water partition coefficient (Wildman–Crippen LogP) is 0.660. The first-order valence-corrected chi connectivity index (χ1v) is 5.68. The zero-order valence-electron chi connectivity index (χ0n) is 9.28. The Morgan fingerprint density at radius 1 is 1.40 bits per heavy atom. The van der Waals surface area contributed by atoms with Gasteiger partial charge in [-0.3, -0.25) is 0 Å². The molecule has 86 valence electrons. The Balaban J connectivity index is 1.58. The highest BCUT2D eigenvalue weighted by Gasteiger charge is 2.34. The number of carbonyl (C=O) groups excluding carboxylic acids is 1. The van der Waals surface area contributed by atoms with E-state index in [-0.39, 0.29) is 12.6 Å². The van der Waals surface area contributed by atoms with Crippen molar-refractivity contribution in [2.75, 3.05) is 33.4 Å². The van der Waals surface area contributed by atoms with E-state index in [0.717, 1.165) is 12.6 Å². The second kappa shape index (κ2) is 4.94. The van der Waals surface area contributed by atoms with E-state index in [9.17, 15) is 4.79 Å². The summed E-state index contributed by atoms with van der Waals surface area (Å²) < 4.78 is 9.83. The molecule has 0 amide bonds. The smallest absolute Gasteiger partial charge is 0.331 e. The van der Waals surface area contributed by atoms with Crippen molar-refractivity contribution in [3.63, 3.8) is 0 Å². The van der Waals surface area contributed by atoms with Crippen LogP contribution < -0.4 is 0 Å². The van der Waals surface area contributed by atoms with Gasteiger partial charge in [-0.1, -0.05) is 0 Å². The molecule has 0 radical (unpaired) electrons. The summed E-state index contributed by atoms with van der Waals surface area (Å²) in [7, 11) is 1.39. The van der Waals surface area contributed by atoms with Gasteiger partial charge in [-0.15, -0.1) is 0 Å². The van der Waals surface area contributed by atoms with Gasteiger partial charge >= 0.3 is 5.97 Å². The molecule has 2 aliphatic rings. The van der Waals surface area contributed by atoms with Crippen molar-refractivity contribution in [1.82, 2.24) is 4.90 Å². The summed E-state index contributed by atoms with van der Waals surface area (Å²) in [5, 5.41) is 0. The average molecular weight is 213 g/mol. The van der Waals surface area contributed by atoms with Crippen LogP contribution in [0, 0.1) is 5.92 Å². The predicted molar refractivity (Wildman–Crippen MR) is 55.5 cm³/mol. The fourth-order valence-electron chi connectivity index (χ4n) is 2.14. The molecule has 1 aliphatic heterocycles. The van der Waals surface area contributed by atoms with Gasteiger partial charge in [0.25, 0.3) is 0 Å². The van der Waals surface area contributed by atoms with Crippen molar-refractivity contribution in [2.45, 2.75) is 25.3 Å². The topological polar surface area (TPSA) is 38.8 Å². The molecular weight excluding hydrogens is 194 g/mol. The zero-order valence-corrected chi connectivity index (χ0v) is 9.28. The van der Waals surface area contributed by atoms with E-state index in [1.165, 1.54) is 32.9 Å². The van der Waals surface area contributed by atoms with Gasteiger partial charge < -0.3 is 14.4 Å². The molecule has 0 aromatic carbocycles. The van der Waals surface area contributed by atoms with E-state index in [4.69, 9.17) is 4.74 Å². The molecule has 15 heavy (non-hydrogen) atoms. The standard InChI is InChI=1S/C11H19NO3/c1-14-11(13)8-15-7-9-4-5-12(6-9)10-2-3-10/h9-10H,2-8H2,1H3. The van der Waals surface area contributed by atoms with Crippen LogP contribution in [0.3, 0.4) is 0 Å². The summed E-state index contributed by atoms with van der Waals surface area (Å²) in [5.74, 6) is 0.322. The lowest BCUT2D eigenvalue weighted by molar-refractivity contribution is -0.146. The quantitative estimate of drug-likeness (QED) is 0.629. The van der Waals surface area contributed by atoms with Crippen LogP contribution in [0.15, 0.2) is 0 Å². The molecule has 1 unspecified atom stereocenters. The Hall–Kier alpha value is -0.610. The fourth-order valence-corrected chi connectivity index (χ4v) is 2.14. The number of rotatable bonds is 5. The maximum atomic E-state index is 10.8. The second-order valence-corrected chi connectivity index (χ2v) is 4.47. The first kappa shape index (κ1) is 10.9. The summed E-state index contributed by atoms with van der Waals surface area (Å²) in [5.41, 5.74) is 0. The minimum Gasteiger partial charge on any atom is -0.467 e. The zero-order chi connectivity index (χ0) is 10.7. The van der Waals surface area contributed by atoms with Gasteiger partial charge in [0.15, 0.2) is 0 Å². The van der Waals surface area contributed by atoms with Crippen LogP contribution in [0.1, 0.15) is 19.3 Å². The normalized spacial score (nSPS) is 26.9. The van der Waals surface area contributed by atoms with Crippen molar-refractivity contribution in [3.8, 4) is 0 Å². The Morgan fingerprint density at radius 2 is 2.20 bits per heavy atom. The number of methoxy groups -OCH3 is 1. The number of likely N-dealkylation sites (tertiary alicyclic amines) is 1. The molecule has 1 saturated heterocycles. The molecule has 4 heteroatoms. The lowest BCUT2D eigenvalue weighted by Crippen LogP contribution is -2.24. The van der Waals surface area contributed by atoms with Gasteiger partial charge in [0.1, 0.15) is 6.61 Å². The molecule has 0 aromatic rings. The van der Waals surface area contributed by atoms with Crippen LogP contribution in [0.4, 0.5) is 0 Å². The van der Waals surface area contributed by atoms with E-state index in [2.05, 4.69) is 9.64 Å². The van der Waals surface area contributed by atoms with E-state index in [1.54, 1.807) is 0 Å². The van der Waals surface area contributed by atoms with Gasteiger partial charge in [-0.05, 0) is 31.7 Å². The van der Waals surface area contributed by atoms with Crippen LogP contribution >= 0.6 is 0 Å². The van der Waals surface area contributed by atoms with Crippen LogP contribution in [-0.2, 0) is 14.3 Å². The van der Waals surface area contributed by atoms with E-state index in [0.29, 0.717) is 12.5 Å². The van der Waals surface area contributed by atoms with Crippen LogP contribution in [-0.4, -0.2) is 50.3 Å². The maximum Gasteiger partial charge on any atom is 0.331 e. The third-order valence-electron chi connectivity index (χ3n) is 3.18. The maximum absolute atomic E-state index is 10.8. The summed E-state index contributed by atoms with van der Waals surface area (Å²) in [6, 6.07) is 0.857. The fraction of sp³-hybridized carbons (Fsp3) is 0.909. The summed E-state index contributed by atoms with van der Waals surface area (Å²) in [6.45, 7) is 3.14. The molecule has 0 N–H and O–H groups in total. The number of hydrogen-bond acceptors (Lipinski definition) is 4. The third-order valence-corrected chi connectivity index (χ3v) is 3.18. The number of esters is 1. The molecule has 1 aliphatic carbocycles. The molecule has 1 atom stereocenters. The van der Waals surface area contributed by atoms with Gasteiger partial charge in [0.05, 0.1) is 13.7 Å². The largest absolute Gasteiger partial charge is 0.467 e. The summed E-state index contributed by atoms with van der Waals surface area (Å²) in [6.07, 6.45) is 3.95. The number of hydrogen-bond donors (Lipinski definition) is 0. The Morgan fingerprint density at radius 3 is 2.87 bits per heavy atom. The Labute approximate surface area is 90.5 Å². The van der Waals surface area contributed by atoms with Crippen molar-refractivity contribution in [1.29, 1.82) is 0 Å². The van der Waals surface area contributed by atoms with Crippen LogP contribution in [0.5, 0.6) is 0 Å². The molecule has 0 bridgehead atoms. The lowest BCUT2D eigenvalue weighted by atomic mass is 10.1. The van der Waals surface area contributed by atoms with Crippen molar-refractivity contribution in [3.05, 3.63) is 0 Å². The summed E-state index contributed by atoms with van der Waals surface area (Å²) in [4.78, 5) is 13.4. The molecule has 2 fully saturated rings. The summed E-state index contributed by atoms with van der Waals surface area (Å²) >= 11 is 0. The molecule has 0 aromatic heterocycles. The van der Waals surface area contributed by atoms with Crippen molar-refractivity contribution >= 4 is 5.97 Å².